The normalized spacial score (nSPS) is 7.83. The molecular formula is C20H36N2O. The zero-order chi connectivity index (χ0) is 18.2. The van der Waals surface area contributed by atoms with E-state index in [0.717, 1.165) is 13.2 Å². The Kier molecular flexibility index (Phi) is 32.4. The molecule has 3 heteroatoms. The van der Waals surface area contributed by atoms with E-state index < -0.39 is 0 Å². The highest BCUT2D eigenvalue weighted by Crippen LogP contribution is 1.80. The van der Waals surface area contributed by atoms with Gasteiger partial charge in [0.25, 0.3) is 0 Å². The van der Waals surface area contributed by atoms with Crippen LogP contribution in [0.1, 0.15) is 27.7 Å². The third-order valence-corrected chi connectivity index (χ3v) is 2.15. The quantitative estimate of drug-likeness (QED) is 0.777. The van der Waals surface area contributed by atoms with Gasteiger partial charge in [0.05, 0.1) is 0 Å². The molecule has 0 bridgehead atoms. The van der Waals surface area contributed by atoms with Crippen LogP contribution in [0, 0.1) is 0 Å². The Balaban J connectivity index is -0.000000227. The van der Waals surface area contributed by atoms with E-state index in [9.17, 15) is 0 Å². The molecule has 0 radical (unpaired) electrons. The van der Waals surface area contributed by atoms with Gasteiger partial charge in [-0.15, -0.1) is 0 Å². The predicted molar refractivity (Wildman–Crippen MR) is 104 cm³/mol. The molecule has 0 saturated carbocycles. The third kappa shape index (κ3) is 38.4. The Morgan fingerprint density at radius 3 is 1.09 bits per heavy atom. The standard InChI is InChI=1S/C6H6.C5H5N.C4H11N.C3H8O.C2H6/c2*1-2-4-6-5-3-1;1-4-5(2)3;1-3-4-2;1-2/h1-6H;1-5H;4H2,1-3H3;3H2,1-2H3;1-2H3. The number of ether oxygens (including phenoxy) is 1. The maximum atomic E-state index is 4.54. The second-order valence-electron chi connectivity index (χ2n) is 4.15. The summed E-state index contributed by atoms with van der Waals surface area (Å²) in [6, 6.07) is 17.7. The van der Waals surface area contributed by atoms with Crippen molar-refractivity contribution in [3.63, 3.8) is 0 Å². The van der Waals surface area contributed by atoms with Crippen LogP contribution in [0.5, 0.6) is 0 Å². The van der Waals surface area contributed by atoms with Crippen molar-refractivity contribution < 1.29 is 4.74 Å². The summed E-state index contributed by atoms with van der Waals surface area (Å²) in [7, 11) is 5.79. The molecule has 1 aromatic carbocycles. The lowest BCUT2D eigenvalue weighted by Crippen LogP contribution is -2.08. The molecule has 2 rings (SSSR count). The van der Waals surface area contributed by atoms with Crippen LogP contribution in [0.2, 0.25) is 0 Å². The monoisotopic (exact) mass is 320 g/mol. The van der Waals surface area contributed by atoms with Crippen LogP contribution in [-0.2, 0) is 4.74 Å². The number of rotatable bonds is 2. The molecule has 0 spiro atoms. The Bertz CT molecular complexity index is 266. The molecule has 1 aromatic heterocycles. The van der Waals surface area contributed by atoms with Crippen LogP contribution in [0.3, 0.4) is 0 Å². The first kappa shape index (κ1) is 26.2. The van der Waals surface area contributed by atoms with Crippen molar-refractivity contribution in [3.8, 4) is 0 Å². The second-order valence-corrected chi connectivity index (χ2v) is 4.15. The van der Waals surface area contributed by atoms with Gasteiger partial charge in [0.1, 0.15) is 0 Å². The number of hydrogen-bond donors (Lipinski definition) is 0. The average molecular weight is 321 g/mol. The molecule has 0 aliphatic heterocycles. The number of nitrogens with zero attached hydrogens (tertiary/aromatic N) is 2. The number of hydrogen-bond acceptors (Lipinski definition) is 3. The van der Waals surface area contributed by atoms with Crippen molar-refractivity contribution in [2.75, 3.05) is 34.4 Å². The molecule has 132 valence electrons. The summed E-state index contributed by atoms with van der Waals surface area (Å²) < 4.78 is 4.54. The summed E-state index contributed by atoms with van der Waals surface area (Å²) in [5.41, 5.74) is 0. The van der Waals surface area contributed by atoms with E-state index in [4.69, 9.17) is 0 Å². The number of aromatic nitrogens is 1. The molecule has 1 heterocycles. The van der Waals surface area contributed by atoms with Gasteiger partial charge in [-0.2, -0.15) is 0 Å². The Hall–Kier alpha value is -1.71. The molecule has 0 fully saturated rings. The topological polar surface area (TPSA) is 25.4 Å². The lowest BCUT2D eigenvalue weighted by Gasteiger charge is -2.00. The van der Waals surface area contributed by atoms with E-state index in [1.807, 2.05) is 75.4 Å². The van der Waals surface area contributed by atoms with Gasteiger partial charge in [0.15, 0.2) is 0 Å². The van der Waals surface area contributed by atoms with Gasteiger partial charge in [-0.25, -0.2) is 0 Å². The molecule has 0 atom stereocenters. The Labute approximate surface area is 144 Å². The van der Waals surface area contributed by atoms with Crippen molar-refractivity contribution in [2.45, 2.75) is 27.7 Å². The average Bonchev–Trinajstić information content (AvgIpc) is 2.67. The summed E-state index contributed by atoms with van der Waals surface area (Å²) in [4.78, 5) is 5.91. The van der Waals surface area contributed by atoms with Crippen molar-refractivity contribution >= 4 is 0 Å². The summed E-state index contributed by atoms with van der Waals surface area (Å²) in [6.45, 7) is 10.0. The summed E-state index contributed by atoms with van der Waals surface area (Å²) in [6.07, 6.45) is 3.50. The molecule has 23 heavy (non-hydrogen) atoms. The first-order valence-corrected chi connectivity index (χ1v) is 8.17. The van der Waals surface area contributed by atoms with Gasteiger partial charge in [-0.3, -0.25) is 4.98 Å². The van der Waals surface area contributed by atoms with Crippen LogP contribution < -0.4 is 0 Å². The lowest BCUT2D eigenvalue weighted by atomic mass is 10.4. The highest BCUT2D eigenvalue weighted by molar-refractivity contribution is 4.99. The molecule has 0 unspecified atom stereocenters. The fourth-order valence-electron chi connectivity index (χ4n) is 0.698. The van der Waals surface area contributed by atoms with Crippen LogP contribution >= 0.6 is 0 Å². The highest BCUT2D eigenvalue weighted by atomic mass is 16.5. The fourth-order valence-corrected chi connectivity index (χ4v) is 0.698. The molecule has 0 amide bonds. The van der Waals surface area contributed by atoms with Gasteiger partial charge in [0.2, 0.25) is 0 Å². The van der Waals surface area contributed by atoms with E-state index in [-0.39, 0.29) is 0 Å². The predicted octanol–water partition coefficient (Wildman–Crippen LogP) is 5.02. The largest absolute Gasteiger partial charge is 0.385 e. The molecular weight excluding hydrogens is 284 g/mol. The molecule has 0 aliphatic carbocycles. The zero-order valence-electron chi connectivity index (χ0n) is 16.1. The Morgan fingerprint density at radius 2 is 1.00 bits per heavy atom. The van der Waals surface area contributed by atoms with E-state index in [1.165, 1.54) is 0 Å². The van der Waals surface area contributed by atoms with Gasteiger partial charge in [0, 0.05) is 26.1 Å². The van der Waals surface area contributed by atoms with E-state index in [1.54, 1.807) is 19.5 Å². The molecule has 0 saturated heterocycles. The maximum Gasteiger partial charge on any atom is 0.0433 e. The third-order valence-electron chi connectivity index (χ3n) is 2.15. The number of methoxy groups -OCH3 is 1. The fraction of sp³-hybridized carbons (Fsp3) is 0.450. The molecule has 0 N–H and O–H groups in total. The molecule has 0 aliphatic rings. The van der Waals surface area contributed by atoms with Gasteiger partial charge < -0.3 is 9.64 Å². The summed E-state index contributed by atoms with van der Waals surface area (Å²) in [5.74, 6) is 0. The zero-order valence-corrected chi connectivity index (χ0v) is 16.1. The van der Waals surface area contributed by atoms with Crippen molar-refractivity contribution in [2.24, 2.45) is 0 Å². The SMILES string of the molecule is CC.CCN(C)C.CCOC.c1ccccc1.c1ccncc1. The van der Waals surface area contributed by atoms with E-state index in [0.29, 0.717) is 0 Å². The highest BCUT2D eigenvalue weighted by Gasteiger charge is 1.72. The first-order chi connectivity index (χ1) is 11.2. The lowest BCUT2D eigenvalue weighted by molar-refractivity contribution is 0.215. The van der Waals surface area contributed by atoms with Crippen LogP contribution in [0.15, 0.2) is 67.0 Å². The molecule has 2 aromatic rings. The second kappa shape index (κ2) is 28.5. The molecule has 3 nitrogen and oxygen atoms in total. The van der Waals surface area contributed by atoms with Gasteiger partial charge >= 0.3 is 0 Å². The van der Waals surface area contributed by atoms with Crippen molar-refractivity contribution in [1.82, 2.24) is 9.88 Å². The first-order valence-electron chi connectivity index (χ1n) is 8.17. The van der Waals surface area contributed by atoms with E-state index >= 15 is 0 Å². The summed E-state index contributed by atoms with van der Waals surface area (Å²) in [5, 5.41) is 0. The van der Waals surface area contributed by atoms with Gasteiger partial charge in [-0.1, -0.05) is 63.2 Å². The Morgan fingerprint density at radius 1 is 0.739 bits per heavy atom. The smallest absolute Gasteiger partial charge is 0.0433 e. The van der Waals surface area contributed by atoms with Gasteiger partial charge in [-0.05, 0) is 39.7 Å². The van der Waals surface area contributed by atoms with E-state index in [2.05, 4.69) is 35.6 Å². The van der Waals surface area contributed by atoms with Crippen molar-refractivity contribution in [1.29, 1.82) is 0 Å². The van der Waals surface area contributed by atoms with Crippen molar-refractivity contribution in [3.05, 3.63) is 67.0 Å². The van der Waals surface area contributed by atoms with Crippen LogP contribution in [-0.4, -0.2) is 44.2 Å². The number of pyridine rings is 1. The maximum absolute atomic E-state index is 4.54. The minimum absolute atomic E-state index is 0.819. The van der Waals surface area contributed by atoms with Crippen LogP contribution in [0.4, 0.5) is 0 Å². The number of benzene rings is 1. The minimum Gasteiger partial charge on any atom is -0.385 e. The summed E-state index contributed by atoms with van der Waals surface area (Å²) >= 11 is 0. The minimum atomic E-state index is 0.819. The van der Waals surface area contributed by atoms with Crippen LogP contribution in [0.25, 0.3) is 0 Å².